The van der Waals surface area contributed by atoms with Gasteiger partial charge in [0, 0.05) is 42.3 Å². The standard InChI is InChI=1S/C22H24N2/c1-5-16-11-19-14-24(15(3)21(19)12-17(16)6-2)20-8-7-18-9-10-23(4)22(18)13-20/h7-13H,3,5-6,14H2,1-2,4H3. The number of fused-ring (bicyclic) bond motifs is 2. The third kappa shape index (κ3) is 2.17. The molecule has 2 nitrogen and oxygen atoms in total. The summed E-state index contributed by atoms with van der Waals surface area (Å²) in [6.45, 7) is 9.79. The van der Waals surface area contributed by atoms with Crippen molar-refractivity contribution >= 4 is 22.3 Å². The highest BCUT2D eigenvalue weighted by Gasteiger charge is 2.25. The van der Waals surface area contributed by atoms with Crippen LogP contribution in [0, 0.1) is 0 Å². The van der Waals surface area contributed by atoms with Crippen molar-refractivity contribution in [3.63, 3.8) is 0 Å². The minimum Gasteiger partial charge on any atom is -0.350 e. The fraction of sp³-hybridized carbons (Fsp3) is 0.273. The molecule has 0 radical (unpaired) electrons. The lowest BCUT2D eigenvalue weighted by Gasteiger charge is -2.20. The molecular formula is C22H24N2. The molecule has 3 aromatic rings. The average Bonchev–Trinajstić information content (AvgIpc) is 3.14. The lowest BCUT2D eigenvalue weighted by molar-refractivity contribution is 0.966. The Labute approximate surface area is 144 Å². The molecule has 2 heteroatoms. The summed E-state index contributed by atoms with van der Waals surface area (Å²) >= 11 is 0. The maximum Gasteiger partial charge on any atom is 0.0498 e. The van der Waals surface area contributed by atoms with Crippen LogP contribution in [-0.4, -0.2) is 4.57 Å². The minimum atomic E-state index is 0.918. The van der Waals surface area contributed by atoms with Crippen LogP contribution in [0.25, 0.3) is 16.6 Å². The topological polar surface area (TPSA) is 8.17 Å². The van der Waals surface area contributed by atoms with Crippen LogP contribution in [-0.2, 0) is 26.4 Å². The van der Waals surface area contributed by atoms with E-state index in [1.165, 1.54) is 38.8 Å². The molecule has 24 heavy (non-hydrogen) atoms. The smallest absolute Gasteiger partial charge is 0.0498 e. The van der Waals surface area contributed by atoms with E-state index in [4.69, 9.17) is 0 Å². The highest BCUT2D eigenvalue weighted by Crippen LogP contribution is 2.38. The van der Waals surface area contributed by atoms with Crippen LogP contribution in [0.1, 0.15) is 36.1 Å². The Morgan fingerprint density at radius 1 is 1.00 bits per heavy atom. The molecule has 0 N–H and O–H groups in total. The molecule has 0 bridgehead atoms. The molecule has 0 spiro atoms. The zero-order chi connectivity index (χ0) is 16.8. The molecular weight excluding hydrogens is 292 g/mol. The molecule has 0 aliphatic carbocycles. The van der Waals surface area contributed by atoms with Crippen LogP contribution >= 0.6 is 0 Å². The second-order valence-electron chi connectivity index (χ2n) is 6.69. The fourth-order valence-corrected chi connectivity index (χ4v) is 3.88. The zero-order valence-corrected chi connectivity index (χ0v) is 14.8. The number of rotatable bonds is 3. The Hall–Kier alpha value is -2.48. The summed E-state index contributed by atoms with van der Waals surface area (Å²) in [5, 5.41) is 1.28. The average molecular weight is 316 g/mol. The van der Waals surface area contributed by atoms with Crippen LogP contribution in [0.2, 0.25) is 0 Å². The predicted molar refractivity (Wildman–Crippen MR) is 103 cm³/mol. The Morgan fingerprint density at radius 3 is 2.50 bits per heavy atom. The Balaban J connectivity index is 1.77. The zero-order valence-electron chi connectivity index (χ0n) is 14.8. The van der Waals surface area contributed by atoms with E-state index in [0.717, 1.165) is 25.1 Å². The lowest BCUT2D eigenvalue weighted by atomic mass is 9.96. The van der Waals surface area contributed by atoms with E-state index in [0.29, 0.717) is 0 Å². The van der Waals surface area contributed by atoms with Gasteiger partial charge in [0.05, 0.1) is 0 Å². The maximum absolute atomic E-state index is 4.39. The molecule has 0 unspecified atom stereocenters. The third-order valence-corrected chi connectivity index (χ3v) is 5.34. The van der Waals surface area contributed by atoms with Gasteiger partial charge in [0.15, 0.2) is 0 Å². The first-order valence-corrected chi connectivity index (χ1v) is 8.79. The Kier molecular flexibility index (Phi) is 3.49. The van der Waals surface area contributed by atoms with Crippen LogP contribution in [0.3, 0.4) is 0 Å². The molecule has 1 aliphatic rings. The summed E-state index contributed by atoms with van der Waals surface area (Å²) in [5.41, 5.74) is 9.26. The summed E-state index contributed by atoms with van der Waals surface area (Å²) in [6.07, 6.45) is 4.29. The number of benzene rings is 2. The largest absolute Gasteiger partial charge is 0.350 e. The van der Waals surface area contributed by atoms with Gasteiger partial charge in [-0.1, -0.05) is 32.6 Å². The van der Waals surface area contributed by atoms with Crippen molar-refractivity contribution in [3.05, 3.63) is 71.4 Å². The first-order chi connectivity index (χ1) is 11.6. The second kappa shape index (κ2) is 5.55. The summed E-state index contributed by atoms with van der Waals surface area (Å²) in [5.74, 6) is 0. The number of aryl methyl sites for hydroxylation is 3. The summed E-state index contributed by atoms with van der Waals surface area (Å²) in [4.78, 5) is 2.34. The minimum absolute atomic E-state index is 0.918. The van der Waals surface area contributed by atoms with Crippen molar-refractivity contribution in [2.45, 2.75) is 33.2 Å². The number of aromatic nitrogens is 1. The van der Waals surface area contributed by atoms with Gasteiger partial charge >= 0.3 is 0 Å². The van der Waals surface area contributed by atoms with Crippen LogP contribution in [0.4, 0.5) is 5.69 Å². The highest BCUT2D eigenvalue weighted by atomic mass is 15.2. The van der Waals surface area contributed by atoms with Crippen LogP contribution < -0.4 is 4.90 Å². The summed E-state index contributed by atoms with van der Waals surface area (Å²) in [7, 11) is 2.10. The summed E-state index contributed by atoms with van der Waals surface area (Å²) < 4.78 is 2.18. The molecule has 1 aliphatic heterocycles. The predicted octanol–water partition coefficient (Wildman–Crippen LogP) is 5.29. The van der Waals surface area contributed by atoms with Crippen molar-refractivity contribution in [1.82, 2.24) is 4.57 Å². The van der Waals surface area contributed by atoms with Crippen LogP contribution in [0.15, 0.2) is 49.2 Å². The SMILES string of the molecule is C=C1c2cc(CC)c(CC)cc2CN1c1ccc2ccn(C)c2c1. The first kappa shape index (κ1) is 15.1. The molecule has 122 valence electrons. The van der Waals surface area contributed by atoms with E-state index in [-0.39, 0.29) is 0 Å². The van der Waals surface area contributed by atoms with Gasteiger partial charge in [-0.25, -0.2) is 0 Å². The van der Waals surface area contributed by atoms with Crippen molar-refractivity contribution < 1.29 is 0 Å². The van der Waals surface area contributed by atoms with E-state index in [1.54, 1.807) is 0 Å². The molecule has 0 saturated heterocycles. The number of hydrogen-bond acceptors (Lipinski definition) is 1. The molecule has 2 aromatic carbocycles. The number of hydrogen-bond donors (Lipinski definition) is 0. The molecule has 1 aromatic heterocycles. The number of nitrogens with zero attached hydrogens (tertiary/aromatic N) is 2. The van der Waals surface area contributed by atoms with Crippen molar-refractivity contribution in [3.8, 4) is 0 Å². The first-order valence-electron chi connectivity index (χ1n) is 8.79. The second-order valence-corrected chi connectivity index (χ2v) is 6.69. The van der Waals surface area contributed by atoms with Crippen LogP contribution in [0.5, 0.6) is 0 Å². The number of anilines is 1. The Morgan fingerprint density at radius 2 is 1.75 bits per heavy atom. The molecule has 0 fully saturated rings. The highest BCUT2D eigenvalue weighted by molar-refractivity contribution is 5.89. The molecule has 4 rings (SSSR count). The van der Waals surface area contributed by atoms with Gasteiger partial charge in [0.25, 0.3) is 0 Å². The Bertz CT molecular complexity index is 946. The van der Waals surface area contributed by atoms with Gasteiger partial charge < -0.3 is 9.47 Å². The monoisotopic (exact) mass is 316 g/mol. The van der Waals surface area contributed by atoms with E-state index in [2.05, 4.69) is 79.5 Å². The fourth-order valence-electron chi connectivity index (χ4n) is 3.88. The quantitative estimate of drug-likeness (QED) is 0.637. The van der Waals surface area contributed by atoms with Crippen molar-refractivity contribution in [2.75, 3.05) is 4.90 Å². The molecule has 0 saturated carbocycles. The lowest BCUT2D eigenvalue weighted by Crippen LogP contribution is -2.12. The maximum atomic E-state index is 4.39. The normalized spacial score (nSPS) is 13.8. The van der Waals surface area contributed by atoms with Gasteiger partial charge in [0.1, 0.15) is 0 Å². The van der Waals surface area contributed by atoms with Gasteiger partial charge in [-0.3, -0.25) is 0 Å². The van der Waals surface area contributed by atoms with Crippen molar-refractivity contribution in [2.24, 2.45) is 7.05 Å². The van der Waals surface area contributed by atoms with E-state index in [9.17, 15) is 0 Å². The molecule has 2 heterocycles. The van der Waals surface area contributed by atoms with Gasteiger partial charge in [-0.15, -0.1) is 0 Å². The van der Waals surface area contributed by atoms with Gasteiger partial charge in [-0.05, 0) is 59.2 Å². The van der Waals surface area contributed by atoms with Gasteiger partial charge in [0.2, 0.25) is 0 Å². The van der Waals surface area contributed by atoms with E-state index >= 15 is 0 Å². The molecule has 0 amide bonds. The third-order valence-electron chi connectivity index (χ3n) is 5.34. The van der Waals surface area contributed by atoms with Gasteiger partial charge in [-0.2, -0.15) is 0 Å². The summed E-state index contributed by atoms with van der Waals surface area (Å²) in [6, 6.07) is 13.6. The molecule has 0 atom stereocenters. The van der Waals surface area contributed by atoms with E-state index < -0.39 is 0 Å². The van der Waals surface area contributed by atoms with E-state index in [1.807, 2.05) is 0 Å². The van der Waals surface area contributed by atoms with Crippen molar-refractivity contribution in [1.29, 1.82) is 0 Å².